The van der Waals surface area contributed by atoms with Gasteiger partial charge in [-0.05, 0) is 44.9 Å². The molecule has 0 spiro atoms. The topological polar surface area (TPSA) is 88.5 Å². The summed E-state index contributed by atoms with van der Waals surface area (Å²) in [5.74, 6) is -0.00477. The third-order valence-electron chi connectivity index (χ3n) is 6.15. The van der Waals surface area contributed by atoms with Crippen LogP contribution >= 0.6 is 0 Å². The normalized spacial score (nSPS) is 22.5. The van der Waals surface area contributed by atoms with Gasteiger partial charge < -0.3 is 29.3 Å². The number of amides is 1. The van der Waals surface area contributed by atoms with Crippen LogP contribution in [0.4, 0.5) is 0 Å². The summed E-state index contributed by atoms with van der Waals surface area (Å²) < 4.78 is 16.7. The fourth-order valence-electron chi connectivity index (χ4n) is 4.01. The van der Waals surface area contributed by atoms with Crippen molar-refractivity contribution in [2.75, 3.05) is 33.4 Å². The summed E-state index contributed by atoms with van der Waals surface area (Å²) in [6, 6.07) is 5.86. The average Bonchev–Trinajstić information content (AvgIpc) is 3.06. The number of ether oxygens (including phenoxy) is 3. The van der Waals surface area contributed by atoms with Crippen LogP contribution in [0, 0.1) is 5.41 Å². The molecule has 1 aliphatic rings. The molecule has 2 rings (SSSR count). The molecule has 0 aromatic heterocycles. The fourth-order valence-corrected chi connectivity index (χ4v) is 4.01. The molecule has 2 N–H and O–H groups in total. The van der Waals surface area contributed by atoms with Crippen molar-refractivity contribution in [3.05, 3.63) is 23.8 Å². The van der Waals surface area contributed by atoms with Gasteiger partial charge in [0.25, 0.3) is 0 Å². The van der Waals surface area contributed by atoms with Crippen molar-refractivity contribution in [3.8, 4) is 11.5 Å². The van der Waals surface area contributed by atoms with Crippen molar-refractivity contribution < 1.29 is 29.2 Å². The highest BCUT2D eigenvalue weighted by atomic mass is 16.6. The zero-order valence-electron chi connectivity index (χ0n) is 19.8. The largest absolute Gasteiger partial charge is 0.493 e. The minimum Gasteiger partial charge on any atom is -0.493 e. The molecular formula is C24H39NO6. The number of methoxy groups -OCH3 is 1. The van der Waals surface area contributed by atoms with E-state index in [0.29, 0.717) is 31.2 Å². The highest BCUT2D eigenvalue weighted by Crippen LogP contribution is 2.47. The SMILES string of the molecule is CCCCOc1cc([C@@H]2CN(C(=O)CCOC(C)(C)O)C[C@@]2(C)[C@@H](C)O)ccc1OC. The number of unbranched alkanes of at least 4 members (excludes halogenated alkanes) is 1. The number of carbonyl (C=O) groups excluding carboxylic acids is 1. The van der Waals surface area contributed by atoms with E-state index >= 15 is 0 Å². The van der Waals surface area contributed by atoms with Crippen LogP contribution in [0.25, 0.3) is 0 Å². The van der Waals surface area contributed by atoms with E-state index < -0.39 is 17.3 Å². The maximum atomic E-state index is 12.8. The van der Waals surface area contributed by atoms with Gasteiger partial charge in [0.05, 0.1) is 32.8 Å². The number of hydrogen-bond donors (Lipinski definition) is 2. The maximum absolute atomic E-state index is 12.8. The summed E-state index contributed by atoms with van der Waals surface area (Å²) in [6.07, 6.45) is 1.58. The second-order valence-electron chi connectivity index (χ2n) is 9.17. The predicted octanol–water partition coefficient (Wildman–Crippen LogP) is 3.32. The van der Waals surface area contributed by atoms with Gasteiger partial charge >= 0.3 is 0 Å². The second kappa shape index (κ2) is 10.7. The summed E-state index contributed by atoms with van der Waals surface area (Å²) in [7, 11) is 1.62. The van der Waals surface area contributed by atoms with Crippen LogP contribution in [0.15, 0.2) is 18.2 Å². The summed E-state index contributed by atoms with van der Waals surface area (Å²) in [5.41, 5.74) is 0.515. The molecule has 176 valence electrons. The Kier molecular flexibility index (Phi) is 8.74. The van der Waals surface area contributed by atoms with Gasteiger partial charge in [-0.3, -0.25) is 4.79 Å². The molecule has 1 fully saturated rings. The Morgan fingerprint density at radius 1 is 1.32 bits per heavy atom. The first-order valence-corrected chi connectivity index (χ1v) is 11.1. The first-order chi connectivity index (χ1) is 14.5. The molecule has 1 aromatic carbocycles. The lowest BCUT2D eigenvalue weighted by Crippen LogP contribution is -2.38. The lowest BCUT2D eigenvalue weighted by atomic mass is 9.72. The van der Waals surface area contributed by atoms with Crippen molar-refractivity contribution in [2.24, 2.45) is 5.41 Å². The van der Waals surface area contributed by atoms with E-state index in [0.717, 1.165) is 18.4 Å². The molecular weight excluding hydrogens is 398 g/mol. The molecule has 0 saturated carbocycles. The molecule has 0 radical (unpaired) electrons. The van der Waals surface area contributed by atoms with Crippen molar-refractivity contribution in [2.45, 2.75) is 71.7 Å². The number of rotatable bonds is 11. The maximum Gasteiger partial charge on any atom is 0.224 e. The lowest BCUT2D eigenvalue weighted by Gasteiger charge is -2.33. The van der Waals surface area contributed by atoms with Gasteiger partial charge in [0.2, 0.25) is 5.91 Å². The summed E-state index contributed by atoms with van der Waals surface area (Å²) in [4.78, 5) is 14.6. The Labute approximate surface area is 186 Å². The van der Waals surface area contributed by atoms with E-state index in [9.17, 15) is 15.0 Å². The van der Waals surface area contributed by atoms with E-state index in [1.54, 1.807) is 18.9 Å². The highest BCUT2D eigenvalue weighted by molar-refractivity contribution is 5.77. The molecule has 0 aliphatic carbocycles. The minimum absolute atomic E-state index is 0.0495. The second-order valence-corrected chi connectivity index (χ2v) is 9.17. The molecule has 0 bridgehead atoms. The zero-order valence-corrected chi connectivity index (χ0v) is 19.8. The number of likely N-dealkylation sites (tertiary alicyclic amines) is 1. The summed E-state index contributed by atoms with van der Waals surface area (Å²) in [5, 5.41) is 20.3. The van der Waals surface area contributed by atoms with Crippen LogP contribution in [-0.2, 0) is 9.53 Å². The number of nitrogens with zero attached hydrogens (tertiary/aromatic N) is 1. The number of carbonyl (C=O) groups is 1. The molecule has 0 unspecified atom stereocenters. The summed E-state index contributed by atoms with van der Waals surface area (Å²) >= 11 is 0. The number of aliphatic hydroxyl groups is 2. The van der Waals surface area contributed by atoms with E-state index in [1.807, 2.05) is 25.1 Å². The minimum atomic E-state index is -1.26. The molecule has 1 heterocycles. The average molecular weight is 438 g/mol. The Hall–Kier alpha value is -1.83. The van der Waals surface area contributed by atoms with E-state index in [2.05, 4.69) is 6.92 Å². The summed E-state index contributed by atoms with van der Waals surface area (Å²) in [6.45, 7) is 10.7. The van der Waals surface area contributed by atoms with Crippen LogP contribution in [-0.4, -0.2) is 66.3 Å². The molecule has 1 amide bonds. The van der Waals surface area contributed by atoms with E-state index in [4.69, 9.17) is 14.2 Å². The van der Waals surface area contributed by atoms with Gasteiger partial charge in [0, 0.05) is 24.4 Å². The van der Waals surface area contributed by atoms with Crippen molar-refractivity contribution in [3.63, 3.8) is 0 Å². The Morgan fingerprint density at radius 3 is 2.61 bits per heavy atom. The zero-order chi connectivity index (χ0) is 23.2. The van der Waals surface area contributed by atoms with Gasteiger partial charge in [-0.1, -0.05) is 26.3 Å². The van der Waals surface area contributed by atoms with E-state index in [-0.39, 0.29) is 24.9 Å². The third kappa shape index (κ3) is 6.57. The highest BCUT2D eigenvalue weighted by Gasteiger charge is 2.48. The Morgan fingerprint density at radius 2 is 2.03 bits per heavy atom. The van der Waals surface area contributed by atoms with Crippen molar-refractivity contribution >= 4 is 5.91 Å². The van der Waals surface area contributed by atoms with Gasteiger partial charge in [0.1, 0.15) is 0 Å². The number of hydrogen-bond acceptors (Lipinski definition) is 6. The van der Waals surface area contributed by atoms with Gasteiger partial charge in [-0.15, -0.1) is 0 Å². The standard InChI is InChI=1S/C24H39NO6/c1-7-8-12-30-21-14-18(9-10-20(21)29-6)19-15-25(16-24(19,5)17(2)26)22(27)11-13-31-23(3,4)28/h9-10,14,17,19,26,28H,7-8,11-13,15-16H2,1-6H3/t17-,19+,24+/m1/s1. The fraction of sp³-hybridized carbons (Fsp3) is 0.708. The quantitative estimate of drug-likeness (QED) is 0.408. The van der Waals surface area contributed by atoms with Crippen molar-refractivity contribution in [1.29, 1.82) is 0 Å². The van der Waals surface area contributed by atoms with Crippen LogP contribution in [0.5, 0.6) is 11.5 Å². The smallest absolute Gasteiger partial charge is 0.224 e. The number of aliphatic hydroxyl groups excluding tert-OH is 1. The van der Waals surface area contributed by atoms with Crippen LogP contribution in [0.3, 0.4) is 0 Å². The molecule has 1 aromatic rings. The first-order valence-electron chi connectivity index (χ1n) is 11.1. The first kappa shape index (κ1) is 25.4. The predicted molar refractivity (Wildman–Crippen MR) is 119 cm³/mol. The van der Waals surface area contributed by atoms with Gasteiger partial charge in [-0.25, -0.2) is 0 Å². The molecule has 1 aliphatic heterocycles. The van der Waals surface area contributed by atoms with Gasteiger partial charge in [0.15, 0.2) is 17.3 Å². The third-order valence-corrected chi connectivity index (χ3v) is 6.15. The van der Waals surface area contributed by atoms with Crippen LogP contribution in [0.2, 0.25) is 0 Å². The molecule has 7 nitrogen and oxygen atoms in total. The number of benzene rings is 1. The molecule has 3 atom stereocenters. The van der Waals surface area contributed by atoms with Crippen LogP contribution in [0.1, 0.15) is 65.4 Å². The monoisotopic (exact) mass is 437 g/mol. The van der Waals surface area contributed by atoms with Crippen molar-refractivity contribution in [1.82, 2.24) is 4.90 Å². The Bertz CT molecular complexity index is 729. The van der Waals surface area contributed by atoms with E-state index in [1.165, 1.54) is 13.8 Å². The molecule has 7 heteroatoms. The van der Waals surface area contributed by atoms with Crippen LogP contribution < -0.4 is 9.47 Å². The molecule has 1 saturated heterocycles. The van der Waals surface area contributed by atoms with Gasteiger partial charge in [-0.2, -0.15) is 0 Å². The molecule has 31 heavy (non-hydrogen) atoms. The lowest BCUT2D eigenvalue weighted by molar-refractivity contribution is -0.178. The Balaban J connectivity index is 2.21.